The Balaban J connectivity index is 3.46. The zero-order valence-corrected chi connectivity index (χ0v) is 6.50. The van der Waals surface area contributed by atoms with Gasteiger partial charge in [0.25, 0.3) is 0 Å². The van der Waals surface area contributed by atoms with E-state index in [9.17, 15) is 30.4 Å². The summed E-state index contributed by atoms with van der Waals surface area (Å²) in [6.45, 7) is 0. The summed E-state index contributed by atoms with van der Waals surface area (Å²) in [4.78, 5) is 18.3. The SMILES string of the molecule is O=[N+]([O-])c1cc([O-])c([O-])cc1[N+](=O)[O-]. The highest BCUT2D eigenvalue weighted by molar-refractivity contribution is 5.60. The molecule has 74 valence electrons. The molecule has 0 N–H and O–H groups in total. The average Bonchev–Trinajstić information content (AvgIpc) is 2.08. The van der Waals surface area contributed by atoms with Crippen LogP contribution in [0.4, 0.5) is 11.4 Å². The Labute approximate surface area is 76.3 Å². The van der Waals surface area contributed by atoms with Crippen molar-refractivity contribution in [3.8, 4) is 11.5 Å². The molecule has 14 heavy (non-hydrogen) atoms. The first-order valence-electron chi connectivity index (χ1n) is 3.24. The third kappa shape index (κ3) is 1.53. The van der Waals surface area contributed by atoms with Crippen LogP contribution in [-0.2, 0) is 0 Å². The summed E-state index contributed by atoms with van der Waals surface area (Å²) in [6, 6.07) is 0.695. The fraction of sp³-hybridized carbons (Fsp3) is 0. The van der Waals surface area contributed by atoms with E-state index >= 15 is 0 Å². The normalized spacial score (nSPS) is 9.71. The van der Waals surface area contributed by atoms with Crippen LogP contribution < -0.4 is 10.2 Å². The van der Waals surface area contributed by atoms with Gasteiger partial charge in [-0.25, -0.2) is 0 Å². The van der Waals surface area contributed by atoms with Crippen molar-refractivity contribution in [3.63, 3.8) is 0 Å². The lowest BCUT2D eigenvalue weighted by Crippen LogP contribution is -2.03. The Bertz CT molecular complexity index is 376. The van der Waals surface area contributed by atoms with E-state index in [-0.39, 0.29) is 0 Å². The maximum absolute atomic E-state index is 10.7. The van der Waals surface area contributed by atoms with Gasteiger partial charge in [-0.3, -0.25) is 20.2 Å². The summed E-state index contributed by atoms with van der Waals surface area (Å²) in [5, 5.41) is 41.9. The zero-order chi connectivity index (χ0) is 10.9. The van der Waals surface area contributed by atoms with E-state index < -0.39 is 32.7 Å². The van der Waals surface area contributed by atoms with E-state index in [0.717, 1.165) is 0 Å². The van der Waals surface area contributed by atoms with Crippen LogP contribution in [-0.4, -0.2) is 9.85 Å². The van der Waals surface area contributed by atoms with Crippen LogP contribution in [0.15, 0.2) is 12.1 Å². The predicted octanol–water partition coefficient (Wildman–Crippen LogP) is -0.350. The Morgan fingerprint density at radius 3 is 1.36 bits per heavy atom. The van der Waals surface area contributed by atoms with Gasteiger partial charge < -0.3 is 10.2 Å². The molecule has 0 amide bonds. The minimum atomic E-state index is -1.14. The zero-order valence-electron chi connectivity index (χ0n) is 6.50. The van der Waals surface area contributed by atoms with E-state index in [1.54, 1.807) is 0 Å². The first kappa shape index (κ1) is 9.71. The third-order valence-electron chi connectivity index (χ3n) is 1.43. The minimum Gasteiger partial charge on any atom is -0.873 e. The number of nitrogens with zero attached hydrogens (tertiary/aromatic N) is 2. The first-order valence-corrected chi connectivity index (χ1v) is 3.24. The van der Waals surface area contributed by atoms with Crippen molar-refractivity contribution in [2.45, 2.75) is 0 Å². The first-order chi connectivity index (χ1) is 6.43. The number of rotatable bonds is 2. The number of hydrogen-bond donors (Lipinski definition) is 0. The summed E-state index contributed by atoms with van der Waals surface area (Å²) >= 11 is 0. The standard InChI is InChI=1S/C6H4N2O6/c9-5-1-3(7(11)12)4(8(13)14)2-6(5)10/h1-2,9-10H/p-2. The molecule has 0 spiro atoms. The van der Waals surface area contributed by atoms with Crippen molar-refractivity contribution < 1.29 is 20.1 Å². The molecule has 1 aromatic rings. The minimum absolute atomic E-state index is 0.348. The van der Waals surface area contributed by atoms with Crippen molar-refractivity contribution in [3.05, 3.63) is 32.4 Å². The van der Waals surface area contributed by atoms with Crippen LogP contribution in [0, 0.1) is 20.2 Å². The third-order valence-corrected chi connectivity index (χ3v) is 1.43. The van der Waals surface area contributed by atoms with Crippen molar-refractivity contribution in [2.75, 3.05) is 0 Å². The highest BCUT2D eigenvalue weighted by atomic mass is 16.6. The Hall–Kier alpha value is -2.38. The highest BCUT2D eigenvalue weighted by Gasteiger charge is 2.22. The lowest BCUT2D eigenvalue weighted by atomic mass is 10.2. The summed E-state index contributed by atoms with van der Waals surface area (Å²) in [5.41, 5.74) is -1.95. The van der Waals surface area contributed by atoms with E-state index in [0.29, 0.717) is 12.1 Å². The van der Waals surface area contributed by atoms with Crippen molar-refractivity contribution in [1.82, 2.24) is 0 Å². The average molecular weight is 198 g/mol. The molecule has 0 fully saturated rings. The quantitative estimate of drug-likeness (QED) is 0.471. The molecular formula is C6H2N2O6-2. The molecule has 0 radical (unpaired) electrons. The molecule has 0 aromatic heterocycles. The van der Waals surface area contributed by atoms with Gasteiger partial charge in [-0.15, -0.1) is 11.5 Å². The molecule has 8 heteroatoms. The summed E-state index contributed by atoms with van der Waals surface area (Å²) in [7, 11) is 0. The van der Waals surface area contributed by atoms with E-state index in [1.807, 2.05) is 0 Å². The number of nitro groups is 2. The number of hydrogen-bond acceptors (Lipinski definition) is 6. The van der Waals surface area contributed by atoms with Gasteiger partial charge >= 0.3 is 11.4 Å². The topological polar surface area (TPSA) is 132 Å². The van der Waals surface area contributed by atoms with Gasteiger partial charge in [-0.05, 0) is 0 Å². The van der Waals surface area contributed by atoms with Gasteiger partial charge in [-0.2, -0.15) is 0 Å². The second-order valence-electron chi connectivity index (χ2n) is 2.30. The molecule has 8 nitrogen and oxygen atoms in total. The Kier molecular flexibility index (Phi) is 2.19. The fourth-order valence-electron chi connectivity index (χ4n) is 0.831. The lowest BCUT2D eigenvalue weighted by Gasteiger charge is -2.15. The van der Waals surface area contributed by atoms with Crippen LogP contribution in [0.5, 0.6) is 11.5 Å². The van der Waals surface area contributed by atoms with Crippen molar-refractivity contribution in [2.24, 2.45) is 0 Å². The second kappa shape index (κ2) is 3.17. The van der Waals surface area contributed by atoms with Crippen molar-refractivity contribution in [1.29, 1.82) is 0 Å². The van der Waals surface area contributed by atoms with Gasteiger partial charge in [0, 0.05) is 12.1 Å². The van der Waals surface area contributed by atoms with Gasteiger partial charge in [-0.1, -0.05) is 0 Å². The van der Waals surface area contributed by atoms with Gasteiger partial charge in [0.2, 0.25) is 0 Å². The van der Waals surface area contributed by atoms with Crippen LogP contribution in [0.1, 0.15) is 0 Å². The molecule has 1 aromatic carbocycles. The summed E-state index contributed by atoms with van der Waals surface area (Å²) in [6.07, 6.45) is 0. The molecule has 0 saturated heterocycles. The highest BCUT2D eigenvalue weighted by Crippen LogP contribution is 2.34. The smallest absolute Gasteiger partial charge is 0.345 e. The maximum Gasteiger partial charge on any atom is 0.345 e. The van der Waals surface area contributed by atoms with Gasteiger partial charge in [0.15, 0.2) is 0 Å². The van der Waals surface area contributed by atoms with E-state index in [2.05, 4.69) is 0 Å². The lowest BCUT2D eigenvalue weighted by molar-refractivity contribution is -0.424. The Morgan fingerprint density at radius 2 is 1.14 bits per heavy atom. The monoisotopic (exact) mass is 198 g/mol. The molecule has 0 unspecified atom stereocenters. The number of nitro benzene ring substituents is 2. The molecule has 0 saturated carbocycles. The van der Waals surface area contributed by atoms with Crippen LogP contribution in [0.25, 0.3) is 0 Å². The molecular weight excluding hydrogens is 196 g/mol. The van der Waals surface area contributed by atoms with Crippen LogP contribution >= 0.6 is 0 Å². The molecule has 0 atom stereocenters. The van der Waals surface area contributed by atoms with Crippen molar-refractivity contribution >= 4 is 11.4 Å². The second-order valence-corrected chi connectivity index (χ2v) is 2.30. The van der Waals surface area contributed by atoms with Crippen LogP contribution in [0.3, 0.4) is 0 Å². The van der Waals surface area contributed by atoms with Crippen LogP contribution in [0.2, 0.25) is 0 Å². The fourth-order valence-corrected chi connectivity index (χ4v) is 0.831. The molecule has 0 aliphatic rings. The maximum atomic E-state index is 10.7. The largest absolute Gasteiger partial charge is 0.873 e. The molecule has 0 aliphatic heterocycles. The molecule has 1 rings (SSSR count). The molecule has 0 bridgehead atoms. The van der Waals surface area contributed by atoms with E-state index in [1.165, 1.54) is 0 Å². The van der Waals surface area contributed by atoms with Gasteiger partial charge in [0.1, 0.15) is 0 Å². The number of benzene rings is 1. The summed E-state index contributed by atoms with van der Waals surface area (Å²) < 4.78 is 0. The molecule has 0 heterocycles. The predicted molar refractivity (Wildman–Crippen MR) is 38.6 cm³/mol. The van der Waals surface area contributed by atoms with E-state index in [4.69, 9.17) is 0 Å². The molecule has 0 aliphatic carbocycles. The Morgan fingerprint density at radius 1 is 0.857 bits per heavy atom. The van der Waals surface area contributed by atoms with Gasteiger partial charge in [0.05, 0.1) is 9.85 Å². The summed E-state index contributed by atoms with van der Waals surface area (Å²) in [5.74, 6) is -2.27.